The molecular weight excluding hydrogens is 534 g/mol. The van der Waals surface area contributed by atoms with Crippen LogP contribution in [0.1, 0.15) is 23.2 Å². The first-order valence-corrected chi connectivity index (χ1v) is 10.6. The fourth-order valence-corrected chi connectivity index (χ4v) is 3.63. The van der Waals surface area contributed by atoms with Crippen molar-refractivity contribution in [2.45, 2.75) is 24.9 Å². The number of amides is 3. The molecular formula is C21H23CaN7O9. The Morgan fingerprint density at radius 3 is 2.45 bits per heavy atom. The fourth-order valence-electron chi connectivity index (χ4n) is 3.63. The van der Waals surface area contributed by atoms with Crippen LogP contribution in [0.3, 0.4) is 0 Å². The molecule has 0 saturated carbocycles. The number of anilines is 4. The fraction of sp³-hybridized carbons (Fsp3) is 0.286. The molecule has 2 aromatic rings. The first-order chi connectivity index (χ1) is 17.1. The molecule has 2 heterocycles. The van der Waals surface area contributed by atoms with E-state index in [0.717, 1.165) is 4.90 Å². The zero-order valence-corrected chi connectivity index (χ0v) is 22.0. The van der Waals surface area contributed by atoms with Crippen LogP contribution < -0.4 is 41.9 Å². The second kappa shape index (κ2) is 14.3. The number of carbonyl (C=O) groups excluding carboxylic acids is 5. The van der Waals surface area contributed by atoms with Gasteiger partial charge in [0.25, 0.3) is 11.5 Å². The molecule has 0 spiro atoms. The number of nitrogens with one attached hydrogen (secondary N) is 3. The van der Waals surface area contributed by atoms with Gasteiger partial charge in [0.15, 0.2) is 11.5 Å². The number of carbonyl (C=O) groups is 5. The Balaban J connectivity index is 0.00000361. The number of fused-ring (bicyclic) bond motifs is 1. The van der Waals surface area contributed by atoms with Gasteiger partial charge in [-0.05, 0) is 37.1 Å². The van der Waals surface area contributed by atoms with Crippen LogP contribution >= 0.6 is 0 Å². The van der Waals surface area contributed by atoms with Crippen molar-refractivity contribution >= 4 is 91.5 Å². The monoisotopic (exact) mass is 557 g/mol. The number of aromatic amines is 1. The Labute approximate surface area is 244 Å². The summed E-state index contributed by atoms with van der Waals surface area (Å²) in [5.74, 6) is -3.91. The Morgan fingerprint density at radius 1 is 1.24 bits per heavy atom. The molecule has 0 radical (unpaired) electrons. The van der Waals surface area contributed by atoms with Crippen LogP contribution in [0.15, 0.2) is 29.1 Å². The Bertz CT molecular complexity index is 1240. The molecule has 1 aromatic carbocycles. The normalized spacial score (nSPS) is 14.3. The van der Waals surface area contributed by atoms with Gasteiger partial charge in [-0.3, -0.25) is 24.2 Å². The molecule has 7 N–H and O–H groups in total. The van der Waals surface area contributed by atoms with Crippen molar-refractivity contribution in [1.82, 2.24) is 15.3 Å². The van der Waals surface area contributed by atoms with Crippen LogP contribution in [-0.2, 0) is 19.2 Å². The summed E-state index contributed by atoms with van der Waals surface area (Å²) in [4.78, 5) is 78.6. The van der Waals surface area contributed by atoms with Crippen molar-refractivity contribution in [2.75, 3.05) is 33.9 Å². The number of nitrogen functional groups attached to an aromatic ring is 1. The number of hydrogen-bond acceptors (Lipinski definition) is 11. The topological polar surface area (TPSA) is 265 Å². The van der Waals surface area contributed by atoms with E-state index in [1.807, 2.05) is 0 Å². The number of aliphatic carboxylic acids is 2. The number of nitrogens with two attached hydrogens (primary N) is 1. The van der Waals surface area contributed by atoms with Crippen molar-refractivity contribution in [2.24, 2.45) is 0 Å². The number of hydrogen-bond donors (Lipinski definition) is 4. The molecule has 1 aromatic heterocycles. The Hall–Kier alpha value is -3.73. The molecule has 16 nitrogen and oxygen atoms in total. The van der Waals surface area contributed by atoms with Crippen LogP contribution in [0.2, 0.25) is 0 Å². The first-order valence-electron chi connectivity index (χ1n) is 10.6. The minimum atomic E-state index is -1.65. The standard InChI is InChI=1S/C21H23N7O8.Ca.H2O/c22-21-25-17-16(19(34)26-21)28(10-30)13(7-23-17)8-27(9-29)12-3-1-11(2-4-12)18(33)24-14(20(35)36)5-6-15(31)32;;/h1-4,9-10,13-14H,5-8H2,(H,24,33)(H,31,32)(H,35,36)(H4,22,23,25,26,34);;1H2/q;+2;/p-2/t13?,14-;;/m0../s1. The summed E-state index contributed by atoms with van der Waals surface area (Å²) < 4.78 is 0. The largest absolute Gasteiger partial charge is 2.00 e. The van der Waals surface area contributed by atoms with Gasteiger partial charge in [0.2, 0.25) is 18.8 Å². The van der Waals surface area contributed by atoms with Gasteiger partial charge in [-0.1, -0.05) is 0 Å². The van der Waals surface area contributed by atoms with Gasteiger partial charge < -0.3 is 51.4 Å². The number of carboxylic acid groups (broad SMARTS) is 2. The van der Waals surface area contributed by atoms with Gasteiger partial charge in [-0.15, -0.1) is 0 Å². The zero-order chi connectivity index (χ0) is 26.4. The van der Waals surface area contributed by atoms with Crippen molar-refractivity contribution in [3.63, 3.8) is 0 Å². The number of rotatable bonds is 11. The van der Waals surface area contributed by atoms with E-state index in [1.165, 1.54) is 29.2 Å². The van der Waals surface area contributed by atoms with Crippen LogP contribution in [-0.4, -0.2) is 109 Å². The molecule has 17 heteroatoms. The summed E-state index contributed by atoms with van der Waals surface area (Å²) in [7, 11) is 0. The van der Waals surface area contributed by atoms with Crippen LogP contribution in [0, 0.1) is 0 Å². The summed E-state index contributed by atoms with van der Waals surface area (Å²) in [5.41, 5.74) is 5.23. The van der Waals surface area contributed by atoms with E-state index < -0.39 is 48.3 Å². The summed E-state index contributed by atoms with van der Waals surface area (Å²) in [6, 6.07) is 3.31. The first kappa shape index (κ1) is 32.3. The average molecular weight is 558 g/mol. The third kappa shape index (κ3) is 7.64. The molecule has 3 amide bonds. The van der Waals surface area contributed by atoms with E-state index in [0.29, 0.717) is 18.5 Å². The van der Waals surface area contributed by atoms with E-state index in [9.17, 15) is 39.0 Å². The molecule has 198 valence electrons. The van der Waals surface area contributed by atoms with Gasteiger partial charge >= 0.3 is 37.7 Å². The number of aromatic nitrogens is 2. The zero-order valence-electron chi connectivity index (χ0n) is 19.8. The van der Waals surface area contributed by atoms with Gasteiger partial charge in [-0.25, -0.2) is 0 Å². The predicted octanol–water partition coefficient (Wildman–Crippen LogP) is -5.06. The van der Waals surface area contributed by atoms with E-state index >= 15 is 0 Å². The van der Waals surface area contributed by atoms with Gasteiger partial charge in [0.1, 0.15) is 0 Å². The van der Waals surface area contributed by atoms with Gasteiger partial charge in [0, 0.05) is 30.3 Å². The van der Waals surface area contributed by atoms with E-state index in [4.69, 9.17) is 5.73 Å². The third-order valence-corrected chi connectivity index (χ3v) is 5.41. The summed E-state index contributed by atoms with van der Waals surface area (Å²) in [5, 5.41) is 26.8. The van der Waals surface area contributed by atoms with Crippen LogP contribution in [0.4, 0.5) is 23.1 Å². The molecule has 3 rings (SSSR count). The maximum atomic E-state index is 12.4. The minimum absolute atomic E-state index is 0. The van der Waals surface area contributed by atoms with Crippen molar-refractivity contribution < 1.29 is 39.7 Å². The quantitative estimate of drug-likeness (QED) is 0.150. The molecule has 1 unspecified atom stereocenters. The molecule has 0 saturated heterocycles. The summed E-state index contributed by atoms with van der Waals surface area (Å²) in [6.45, 7) is 0.128. The third-order valence-electron chi connectivity index (χ3n) is 5.41. The van der Waals surface area contributed by atoms with Crippen LogP contribution in [0.25, 0.3) is 0 Å². The summed E-state index contributed by atoms with van der Waals surface area (Å²) in [6.07, 6.45) is -0.0446. The molecule has 0 fully saturated rings. The average Bonchev–Trinajstić information content (AvgIpc) is 2.84. The molecule has 0 aliphatic carbocycles. The number of benzene rings is 1. The van der Waals surface area contributed by atoms with E-state index in [1.54, 1.807) is 0 Å². The summed E-state index contributed by atoms with van der Waals surface area (Å²) >= 11 is 0. The van der Waals surface area contributed by atoms with E-state index in [-0.39, 0.29) is 79.3 Å². The maximum absolute atomic E-state index is 12.4. The second-order valence-corrected chi connectivity index (χ2v) is 7.76. The predicted molar refractivity (Wildman–Crippen MR) is 130 cm³/mol. The van der Waals surface area contributed by atoms with Gasteiger partial charge in [-0.2, -0.15) is 4.98 Å². The minimum Gasteiger partial charge on any atom is -0.550 e. The Kier molecular flexibility index (Phi) is 12.1. The molecule has 1 aliphatic rings. The molecule has 1 aliphatic heterocycles. The molecule has 2 atom stereocenters. The second-order valence-electron chi connectivity index (χ2n) is 7.76. The van der Waals surface area contributed by atoms with Gasteiger partial charge in [0.05, 0.1) is 18.1 Å². The SMILES string of the molecule is Nc1nc2c(c(=O)[nH]1)N(C=O)C(CN(C=O)c1ccc(C(=O)N[C@@H](CCC(=O)[O-])C(=O)[O-])cc1)CN2.O.[Ca+2]. The molecule has 0 bridgehead atoms. The maximum Gasteiger partial charge on any atom is 2.00 e. The number of carboxylic acids is 2. The smallest absolute Gasteiger partial charge is 0.550 e. The van der Waals surface area contributed by atoms with Crippen LogP contribution in [0.5, 0.6) is 0 Å². The van der Waals surface area contributed by atoms with Crippen molar-refractivity contribution in [3.05, 3.63) is 40.2 Å². The molecule has 38 heavy (non-hydrogen) atoms. The Morgan fingerprint density at radius 2 is 1.89 bits per heavy atom. The van der Waals surface area contributed by atoms with E-state index in [2.05, 4.69) is 20.6 Å². The number of nitrogens with zero attached hydrogens (tertiary/aromatic N) is 3. The number of H-pyrrole nitrogens is 1. The van der Waals surface area contributed by atoms with Crippen molar-refractivity contribution in [1.29, 1.82) is 0 Å². The van der Waals surface area contributed by atoms with Crippen molar-refractivity contribution in [3.8, 4) is 0 Å².